The predicted octanol–water partition coefficient (Wildman–Crippen LogP) is 2.39. The van der Waals surface area contributed by atoms with E-state index in [1.54, 1.807) is 0 Å². The summed E-state index contributed by atoms with van der Waals surface area (Å²) in [4.78, 5) is 2.70. The molecule has 0 aromatic carbocycles. The van der Waals surface area contributed by atoms with E-state index in [1.165, 1.54) is 64.5 Å². The summed E-state index contributed by atoms with van der Waals surface area (Å²) >= 11 is 0. The maximum Gasteiger partial charge on any atom is 0.0108 e. The van der Waals surface area contributed by atoms with Crippen LogP contribution in [0.2, 0.25) is 0 Å². The predicted molar refractivity (Wildman–Crippen MR) is 65.1 cm³/mol. The second-order valence-electron chi connectivity index (χ2n) is 5.29. The summed E-state index contributed by atoms with van der Waals surface area (Å²) in [5.41, 5.74) is 0. The van der Waals surface area contributed by atoms with E-state index in [0.717, 1.165) is 12.1 Å². The highest BCUT2D eigenvalue weighted by Gasteiger charge is 2.24. The molecule has 1 saturated carbocycles. The minimum Gasteiger partial charge on any atom is -0.317 e. The van der Waals surface area contributed by atoms with Crippen molar-refractivity contribution < 1.29 is 0 Å². The summed E-state index contributed by atoms with van der Waals surface area (Å²) in [7, 11) is 2.37. The van der Waals surface area contributed by atoms with Crippen LogP contribution in [0.1, 0.15) is 51.4 Å². The number of rotatable bonds is 2. The molecule has 88 valence electrons. The van der Waals surface area contributed by atoms with Crippen molar-refractivity contribution in [3.8, 4) is 0 Å². The number of hydrogen-bond donors (Lipinski definition) is 1. The Labute approximate surface area is 94.4 Å². The standard InChI is InChI=1S/C13H26N2/c1-15(12-6-3-2-4-7-12)13-8-5-10-14-11-9-13/h12-14H,2-11H2,1H3. The molecule has 1 unspecified atom stereocenters. The lowest BCUT2D eigenvalue weighted by Gasteiger charge is -2.36. The van der Waals surface area contributed by atoms with Crippen molar-refractivity contribution in [1.82, 2.24) is 10.2 Å². The monoisotopic (exact) mass is 210 g/mol. The summed E-state index contributed by atoms with van der Waals surface area (Å²) in [5, 5.41) is 3.51. The molecule has 1 atom stereocenters. The highest BCUT2D eigenvalue weighted by atomic mass is 15.2. The Morgan fingerprint density at radius 2 is 1.47 bits per heavy atom. The number of nitrogens with one attached hydrogen (secondary N) is 1. The van der Waals surface area contributed by atoms with Gasteiger partial charge in [0.15, 0.2) is 0 Å². The SMILES string of the molecule is CN(C1CCCCC1)C1CCCNCC1. The van der Waals surface area contributed by atoms with Crippen LogP contribution in [0.5, 0.6) is 0 Å². The van der Waals surface area contributed by atoms with E-state index < -0.39 is 0 Å². The van der Waals surface area contributed by atoms with Gasteiger partial charge in [-0.25, -0.2) is 0 Å². The molecule has 1 aliphatic carbocycles. The van der Waals surface area contributed by atoms with Crippen LogP contribution in [-0.2, 0) is 0 Å². The quantitative estimate of drug-likeness (QED) is 0.753. The largest absolute Gasteiger partial charge is 0.317 e. The lowest BCUT2D eigenvalue weighted by molar-refractivity contribution is 0.128. The summed E-state index contributed by atoms with van der Waals surface area (Å²) in [6, 6.07) is 1.74. The Hall–Kier alpha value is -0.0800. The molecule has 2 heteroatoms. The normalized spacial score (nSPS) is 30.4. The topological polar surface area (TPSA) is 15.3 Å². The molecule has 2 fully saturated rings. The van der Waals surface area contributed by atoms with E-state index in [4.69, 9.17) is 0 Å². The summed E-state index contributed by atoms with van der Waals surface area (Å²) in [6.07, 6.45) is 11.4. The van der Waals surface area contributed by atoms with Gasteiger partial charge in [0, 0.05) is 12.1 Å². The van der Waals surface area contributed by atoms with Crippen LogP contribution in [0.3, 0.4) is 0 Å². The maximum absolute atomic E-state index is 3.51. The van der Waals surface area contributed by atoms with Gasteiger partial charge in [0.1, 0.15) is 0 Å². The van der Waals surface area contributed by atoms with E-state index in [-0.39, 0.29) is 0 Å². The first-order valence-electron chi connectivity index (χ1n) is 6.80. The Kier molecular flexibility index (Phi) is 4.45. The number of hydrogen-bond acceptors (Lipinski definition) is 2. The van der Waals surface area contributed by atoms with Gasteiger partial charge < -0.3 is 10.2 Å². The van der Waals surface area contributed by atoms with Gasteiger partial charge in [0.25, 0.3) is 0 Å². The molecule has 2 nitrogen and oxygen atoms in total. The van der Waals surface area contributed by atoms with E-state index in [9.17, 15) is 0 Å². The van der Waals surface area contributed by atoms with Crippen LogP contribution in [-0.4, -0.2) is 37.1 Å². The van der Waals surface area contributed by atoms with Gasteiger partial charge in [-0.2, -0.15) is 0 Å². The first-order valence-corrected chi connectivity index (χ1v) is 6.80. The van der Waals surface area contributed by atoms with Gasteiger partial charge in [-0.1, -0.05) is 19.3 Å². The molecular weight excluding hydrogens is 184 g/mol. The van der Waals surface area contributed by atoms with Crippen LogP contribution in [0.15, 0.2) is 0 Å². The minimum atomic E-state index is 0.850. The third kappa shape index (κ3) is 3.18. The second-order valence-corrected chi connectivity index (χ2v) is 5.29. The fourth-order valence-corrected chi connectivity index (χ4v) is 3.19. The number of nitrogens with zero attached hydrogens (tertiary/aromatic N) is 1. The molecule has 2 rings (SSSR count). The van der Waals surface area contributed by atoms with Gasteiger partial charge in [-0.15, -0.1) is 0 Å². The van der Waals surface area contributed by atoms with Crippen molar-refractivity contribution in [3.63, 3.8) is 0 Å². The van der Waals surface area contributed by atoms with Crippen molar-refractivity contribution >= 4 is 0 Å². The van der Waals surface area contributed by atoms with Crippen LogP contribution >= 0.6 is 0 Å². The van der Waals surface area contributed by atoms with Crippen molar-refractivity contribution in [2.45, 2.75) is 63.5 Å². The van der Waals surface area contributed by atoms with Crippen LogP contribution in [0.4, 0.5) is 0 Å². The Balaban J connectivity index is 1.83. The zero-order valence-corrected chi connectivity index (χ0v) is 10.2. The van der Waals surface area contributed by atoms with Crippen molar-refractivity contribution in [1.29, 1.82) is 0 Å². The van der Waals surface area contributed by atoms with Crippen LogP contribution in [0, 0.1) is 0 Å². The molecule has 0 aromatic rings. The molecule has 1 N–H and O–H groups in total. The summed E-state index contributed by atoms with van der Waals surface area (Å²) in [5.74, 6) is 0. The van der Waals surface area contributed by atoms with E-state index in [0.29, 0.717) is 0 Å². The van der Waals surface area contributed by atoms with Gasteiger partial charge >= 0.3 is 0 Å². The molecule has 0 amide bonds. The molecule has 0 aromatic heterocycles. The smallest absolute Gasteiger partial charge is 0.0108 e. The van der Waals surface area contributed by atoms with Gasteiger partial charge in [0.05, 0.1) is 0 Å². The molecule has 1 heterocycles. The molecule has 2 aliphatic rings. The first kappa shape index (κ1) is 11.4. The lowest BCUT2D eigenvalue weighted by atomic mass is 9.92. The van der Waals surface area contributed by atoms with E-state index in [1.807, 2.05) is 0 Å². The van der Waals surface area contributed by atoms with Crippen LogP contribution in [0.25, 0.3) is 0 Å². The molecule has 1 saturated heterocycles. The minimum absolute atomic E-state index is 0.850. The molecule has 0 bridgehead atoms. The molecule has 15 heavy (non-hydrogen) atoms. The summed E-state index contributed by atoms with van der Waals surface area (Å²) in [6.45, 7) is 2.46. The zero-order valence-electron chi connectivity index (χ0n) is 10.2. The Bertz CT molecular complexity index is 167. The van der Waals surface area contributed by atoms with Crippen molar-refractivity contribution in [2.75, 3.05) is 20.1 Å². The van der Waals surface area contributed by atoms with Crippen molar-refractivity contribution in [2.24, 2.45) is 0 Å². The Morgan fingerprint density at radius 3 is 2.27 bits per heavy atom. The Morgan fingerprint density at radius 1 is 0.800 bits per heavy atom. The van der Waals surface area contributed by atoms with Gasteiger partial charge in [0.2, 0.25) is 0 Å². The highest BCUT2D eigenvalue weighted by Crippen LogP contribution is 2.25. The second kappa shape index (κ2) is 5.86. The molecule has 1 aliphatic heterocycles. The zero-order chi connectivity index (χ0) is 10.5. The molecule has 0 radical (unpaired) electrons. The fourth-order valence-electron chi connectivity index (χ4n) is 3.19. The molecule has 0 spiro atoms. The average molecular weight is 210 g/mol. The average Bonchev–Trinajstić information content (AvgIpc) is 2.58. The van der Waals surface area contributed by atoms with Gasteiger partial charge in [-0.3, -0.25) is 0 Å². The fraction of sp³-hybridized carbons (Fsp3) is 1.00. The first-order chi connectivity index (χ1) is 7.38. The van der Waals surface area contributed by atoms with Crippen molar-refractivity contribution in [3.05, 3.63) is 0 Å². The highest BCUT2D eigenvalue weighted by molar-refractivity contribution is 4.81. The third-order valence-corrected chi connectivity index (χ3v) is 4.27. The van der Waals surface area contributed by atoms with Gasteiger partial charge in [-0.05, 0) is 52.2 Å². The van der Waals surface area contributed by atoms with E-state index in [2.05, 4.69) is 17.3 Å². The summed E-state index contributed by atoms with van der Waals surface area (Å²) < 4.78 is 0. The third-order valence-electron chi connectivity index (χ3n) is 4.27. The maximum atomic E-state index is 3.51. The molecular formula is C13H26N2. The van der Waals surface area contributed by atoms with E-state index >= 15 is 0 Å². The lowest BCUT2D eigenvalue weighted by Crippen LogP contribution is -2.41. The van der Waals surface area contributed by atoms with Crippen LogP contribution < -0.4 is 5.32 Å².